The number of aromatic carboxylic acids is 1. The molecule has 2 heterocycles. The highest BCUT2D eigenvalue weighted by Crippen LogP contribution is 2.28. The molecule has 2 aromatic heterocycles. The molecule has 0 saturated heterocycles. The van der Waals surface area contributed by atoms with Gasteiger partial charge >= 0.3 is 5.97 Å². The van der Waals surface area contributed by atoms with Gasteiger partial charge in [0.1, 0.15) is 0 Å². The van der Waals surface area contributed by atoms with Crippen molar-refractivity contribution in [3.05, 3.63) is 53.2 Å². The van der Waals surface area contributed by atoms with Crippen LogP contribution in [0.15, 0.2) is 42.6 Å². The average Bonchev–Trinajstić information content (AvgIpc) is 2.76. The normalized spacial score (nSPS) is 10.9. The van der Waals surface area contributed by atoms with Crippen molar-refractivity contribution in [3.63, 3.8) is 0 Å². The quantitative estimate of drug-likeness (QED) is 0.783. The van der Waals surface area contributed by atoms with Crippen LogP contribution in [0, 0.1) is 0 Å². The summed E-state index contributed by atoms with van der Waals surface area (Å²) in [5.41, 5.74) is 2.68. The van der Waals surface area contributed by atoms with Gasteiger partial charge in [-0.25, -0.2) is 4.79 Å². The van der Waals surface area contributed by atoms with E-state index in [-0.39, 0.29) is 5.56 Å². The van der Waals surface area contributed by atoms with Crippen molar-refractivity contribution in [1.82, 2.24) is 9.55 Å². The molecule has 0 saturated carbocycles. The molecule has 0 fully saturated rings. The Morgan fingerprint density at radius 1 is 1.25 bits per heavy atom. The number of rotatable bonds is 2. The van der Waals surface area contributed by atoms with Gasteiger partial charge in [0.25, 0.3) is 0 Å². The number of nitrogens with zero attached hydrogens (tertiary/aromatic N) is 2. The Morgan fingerprint density at radius 3 is 2.80 bits per heavy atom. The maximum atomic E-state index is 11.0. The van der Waals surface area contributed by atoms with Crippen molar-refractivity contribution in [1.29, 1.82) is 0 Å². The van der Waals surface area contributed by atoms with Crippen LogP contribution in [-0.2, 0) is 7.05 Å². The van der Waals surface area contributed by atoms with Crippen LogP contribution in [0.3, 0.4) is 0 Å². The van der Waals surface area contributed by atoms with Crippen LogP contribution in [0.25, 0.3) is 22.3 Å². The summed E-state index contributed by atoms with van der Waals surface area (Å²) in [6, 6.07) is 10.7. The molecule has 1 N–H and O–H groups in total. The van der Waals surface area contributed by atoms with Crippen LogP contribution in [0.1, 0.15) is 10.4 Å². The number of hydrogen-bond donors (Lipinski definition) is 1. The van der Waals surface area contributed by atoms with Crippen molar-refractivity contribution in [2.75, 3.05) is 0 Å². The number of carboxylic acids is 1. The van der Waals surface area contributed by atoms with Gasteiger partial charge in [0.15, 0.2) is 0 Å². The molecule has 0 amide bonds. The summed E-state index contributed by atoms with van der Waals surface area (Å²) in [6.07, 6.45) is 1.50. The van der Waals surface area contributed by atoms with Crippen LogP contribution < -0.4 is 0 Å². The Labute approximate surface area is 120 Å². The molecule has 4 nitrogen and oxygen atoms in total. The van der Waals surface area contributed by atoms with Gasteiger partial charge in [0.2, 0.25) is 0 Å². The third kappa shape index (κ3) is 2.04. The molecule has 0 bridgehead atoms. The van der Waals surface area contributed by atoms with Crippen LogP contribution in [0.4, 0.5) is 0 Å². The average molecular weight is 287 g/mol. The summed E-state index contributed by atoms with van der Waals surface area (Å²) in [6.45, 7) is 0. The highest BCUT2D eigenvalue weighted by molar-refractivity contribution is 6.31. The molecule has 0 aliphatic heterocycles. The number of carboxylic acid groups (broad SMARTS) is 1. The molecule has 0 spiro atoms. The van der Waals surface area contributed by atoms with Crippen LogP contribution in [-0.4, -0.2) is 20.6 Å². The lowest BCUT2D eigenvalue weighted by Crippen LogP contribution is -1.99. The Balaban J connectivity index is 2.22. The topological polar surface area (TPSA) is 55.1 Å². The maximum Gasteiger partial charge on any atom is 0.335 e. The molecule has 0 unspecified atom stereocenters. The number of pyridine rings is 1. The van der Waals surface area contributed by atoms with Crippen molar-refractivity contribution >= 4 is 28.5 Å². The SMILES string of the molecule is Cn1c(-c2cc(C(=O)O)ccn2)cc2ccc(Cl)cc21. The summed E-state index contributed by atoms with van der Waals surface area (Å²) in [7, 11) is 1.91. The maximum absolute atomic E-state index is 11.0. The molecule has 0 radical (unpaired) electrons. The second kappa shape index (κ2) is 4.65. The summed E-state index contributed by atoms with van der Waals surface area (Å²) in [5.74, 6) is -0.963. The first-order chi connectivity index (χ1) is 9.56. The van der Waals surface area contributed by atoms with Gasteiger partial charge in [-0.3, -0.25) is 4.98 Å². The summed E-state index contributed by atoms with van der Waals surface area (Å²) < 4.78 is 1.95. The third-order valence-electron chi connectivity index (χ3n) is 3.28. The Morgan fingerprint density at radius 2 is 2.05 bits per heavy atom. The minimum Gasteiger partial charge on any atom is -0.478 e. The van der Waals surface area contributed by atoms with E-state index in [1.807, 2.05) is 35.9 Å². The molecular formula is C15H11ClN2O2. The van der Waals surface area contributed by atoms with E-state index in [4.69, 9.17) is 16.7 Å². The molecule has 1 aromatic carbocycles. The van der Waals surface area contributed by atoms with E-state index < -0.39 is 5.97 Å². The van der Waals surface area contributed by atoms with E-state index in [0.29, 0.717) is 10.7 Å². The van der Waals surface area contributed by atoms with Crippen LogP contribution >= 0.6 is 11.6 Å². The fraction of sp³-hybridized carbons (Fsp3) is 0.0667. The zero-order valence-corrected chi connectivity index (χ0v) is 11.4. The van der Waals surface area contributed by atoms with Gasteiger partial charge in [-0.1, -0.05) is 17.7 Å². The minimum atomic E-state index is -0.963. The van der Waals surface area contributed by atoms with E-state index in [2.05, 4.69) is 4.98 Å². The van der Waals surface area contributed by atoms with Crippen LogP contribution in [0.2, 0.25) is 5.02 Å². The zero-order valence-electron chi connectivity index (χ0n) is 10.7. The lowest BCUT2D eigenvalue weighted by atomic mass is 10.2. The lowest BCUT2D eigenvalue weighted by Gasteiger charge is -2.04. The molecule has 5 heteroatoms. The lowest BCUT2D eigenvalue weighted by molar-refractivity contribution is 0.0697. The number of benzene rings is 1. The molecule has 0 aliphatic carbocycles. The molecular weight excluding hydrogens is 276 g/mol. The number of fused-ring (bicyclic) bond motifs is 1. The predicted octanol–water partition coefficient (Wildman–Crippen LogP) is 3.59. The van der Waals surface area contributed by atoms with E-state index in [1.54, 1.807) is 6.07 Å². The van der Waals surface area contributed by atoms with E-state index in [1.165, 1.54) is 12.3 Å². The molecule has 0 aliphatic rings. The summed E-state index contributed by atoms with van der Waals surface area (Å²) in [4.78, 5) is 15.3. The van der Waals surface area contributed by atoms with E-state index in [9.17, 15) is 4.79 Å². The van der Waals surface area contributed by atoms with E-state index >= 15 is 0 Å². The highest BCUT2D eigenvalue weighted by Gasteiger charge is 2.11. The molecule has 100 valence electrons. The van der Waals surface area contributed by atoms with Gasteiger partial charge in [-0.15, -0.1) is 0 Å². The Bertz CT molecular complexity index is 824. The van der Waals surface area contributed by atoms with E-state index in [0.717, 1.165) is 16.6 Å². The van der Waals surface area contributed by atoms with Gasteiger partial charge in [0, 0.05) is 29.2 Å². The van der Waals surface area contributed by atoms with Crippen LogP contribution in [0.5, 0.6) is 0 Å². The fourth-order valence-corrected chi connectivity index (χ4v) is 2.42. The smallest absolute Gasteiger partial charge is 0.335 e. The van der Waals surface area contributed by atoms with Gasteiger partial charge in [-0.2, -0.15) is 0 Å². The van der Waals surface area contributed by atoms with Crippen molar-refractivity contribution in [3.8, 4) is 11.4 Å². The number of carbonyl (C=O) groups is 1. The molecule has 0 atom stereocenters. The molecule has 3 rings (SSSR count). The number of halogens is 1. The van der Waals surface area contributed by atoms with Crippen molar-refractivity contribution in [2.45, 2.75) is 0 Å². The fourth-order valence-electron chi connectivity index (χ4n) is 2.25. The number of hydrogen-bond acceptors (Lipinski definition) is 2. The predicted molar refractivity (Wildman–Crippen MR) is 78.1 cm³/mol. The minimum absolute atomic E-state index is 0.221. The first-order valence-corrected chi connectivity index (χ1v) is 6.39. The van der Waals surface area contributed by atoms with Gasteiger partial charge in [0.05, 0.1) is 17.0 Å². The second-order valence-electron chi connectivity index (χ2n) is 4.53. The summed E-state index contributed by atoms with van der Waals surface area (Å²) in [5, 5.41) is 10.8. The Hall–Kier alpha value is -2.33. The second-order valence-corrected chi connectivity index (χ2v) is 4.96. The van der Waals surface area contributed by atoms with Crippen molar-refractivity contribution < 1.29 is 9.90 Å². The Kier molecular flexibility index (Phi) is 2.95. The molecule has 3 aromatic rings. The highest BCUT2D eigenvalue weighted by atomic mass is 35.5. The zero-order chi connectivity index (χ0) is 14.3. The first kappa shape index (κ1) is 12.7. The standard InChI is InChI=1S/C15H11ClN2O2/c1-18-13-8-11(16)3-2-9(13)7-14(18)12-6-10(15(19)20)4-5-17-12/h2-8H,1H3,(H,19,20). The molecule has 20 heavy (non-hydrogen) atoms. The van der Waals surface area contributed by atoms with Crippen molar-refractivity contribution in [2.24, 2.45) is 7.05 Å². The monoisotopic (exact) mass is 286 g/mol. The third-order valence-corrected chi connectivity index (χ3v) is 3.51. The van der Waals surface area contributed by atoms with Gasteiger partial charge in [-0.05, 0) is 30.3 Å². The summed E-state index contributed by atoms with van der Waals surface area (Å²) >= 11 is 6.01. The first-order valence-electron chi connectivity index (χ1n) is 6.01. The largest absolute Gasteiger partial charge is 0.478 e. The van der Waals surface area contributed by atoms with Gasteiger partial charge < -0.3 is 9.67 Å². The number of aromatic nitrogens is 2. The number of aryl methyl sites for hydroxylation is 1.